The minimum atomic E-state index is -0.333. The van der Waals surface area contributed by atoms with Crippen LogP contribution in [0.3, 0.4) is 0 Å². The molecule has 0 heterocycles. The third-order valence-electron chi connectivity index (χ3n) is 2.95. The molecule has 1 aromatic carbocycles. The van der Waals surface area contributed by atoms with Gasteiger partial charge in [-0.05, 0) is 26.3 Å². The van der Waals surface area contributed by atoms with E-state index < -0.39 is 0 Å². The van der Waals surface area contributed by atoms with E-state index >= 15 is 0 Å². The summed E-state index contributed by atoms with van der Waals surface area (Å²) in [6.45, 7) is 4.64. The lowest BCUT2D eigenvalue weighted by molar-refractivity contribution is -0.140. The number of esters is 1. The lowest BCUT2D eigenvalue weighted by Crippen LogP contribution is -2.06. The molecule has 6 heteroatoms. The van der Waals surface area contributed by atoms with E-state index in [0.717, 1.165) is 0 Å². The van der Waals surface area contributed by atoms with Crippen molar-refractivity contribution in [3.8, 4) is 11.5 Å². The third-order valence-corrected chi connectivity index (χ3v) is 3.26. The second-order valence-electron chi connectivity index (χ2n) is 4.50. The molecule has 0 saturated heterocycles. The maximum absolute atomic E-state index is 12.2. The first kappa shape index (κ1) is 18.3. The van der Waals surface area contributed by atoms with Crippen molar-refractivity contribution in [2.24, 2.45) is 0 Å². The highest BCUT2D eigenvalue weighted by Gasteiger charge is 2.16. The van der Waals surface area contributed by atoms with Gasteiger partial charge in [-0.2, -0.15) is 0 Å². The summed E-state index contributed by atoms with van der Waals surface area (Å²) < 4.78 is 15.5. The lowest BCUT2D eigenvalue weighted by Gasteiger charge is -2.13. The van der Waals surface area contributed by atoms with Gasteiger partial charge in [-0.15, -0.1) is 0 Å². The molecular weight excluding hydrogens is 308 g/mol. The smallest absolute Gasteiger partial charge is 0.305 e. The van der Waals surface area contributed by atoms with E-state index in [1.807, 2.05) is 13.8 Å². The first-order chi connectivity index (χ1) is 10.5. The summed E-state index contributed by atoms with van der Waals surface area (Å²) in [5.41, 5.74) is 0.374. The van der Waals surface area contributed by atoms with E-state index in [1.54, 1.807) is 12.1 Å². The Balaban J connectivity index is 2.86. The van der Waals surface area contributed by atoms with Gasteiger partial charge in [-0.3, -0.25) is 9.59 Å². The number of hydrogen-bond acceptors (Lipinski definition) is 5. The highest BCUT2D eigenvalue weighted by Crippen LogP contribution is 2.34. The fraction of sp³-hybridized carbons (Fsp3) is 0.500. The van der Waals surface area contributed by atoms with Crippen molar-refractivity contribution in [1.82, 2.24) is 0 Å². The van der Waals surface area contributed by atoms with Crippen LogP contribution in [0.15, 0.2) is 12.1 Å². The first-order valence-corrected chi connectivity index (χ1v) is 7.60. The molecule has 5 nitrogen and oxygen atoms in total. The molecule has 22 heavy (non-hydrogen) atoms. The van der Waals surface area contributed by atoms with Crippen LogP contribution in [0, 0.1) is 0 Å². The molecular formula is C16H21ClO5. The van der Waals surface area contributed by atoms with E-state index in [0.29, 0.717) is 41.7 Å². The van der Waals surface area contributed by atoms with E-state index in [-0.39, 0.29) is 24.6 Å². The minimum absolute atomic E-state index is 0.141. The number of carbonyl (C=O) groups is 2. The molecule has 0 radical (unpaired) electrons. The van der Waals surface area contributed by atoms with Crippen molar-refractivity contribution >= 4 is 23.4 Å². The summed E-state index contributed by atoms with van der Waals surface area (Å²) in [4.78, 5) is 23.3. The topological polar surface area (TPSA) is 61.8 Å². The molecule has 0 bridgehead atoms. The second-order valence-corrected chi connectivity index (χ2v) is 4.90. The van der Waals surface area contributed by atoms with Crippen LogP contribution in [0.25, 0.3) is 0 Å². The summed E-state index contributed by atoms with van der Waals surface area (Å²) in [7, 11) is 1.32. The van der Waals surface area contributed by atoms with Crippen molar-refractivity contribution in [3.05, 3.63) is 22.7 Å². The molecule has 0 aliphatic carbocycles. The fourth-order valence-electron chi connectivity index (χ4n) is 1.92. The maximum Gasteiger partial charge on any atom is 0.305 e. The molecule has 0 aliphatic heterocycles. The molecule has 0 spiro atoms. The molecule has 0 aliphatic rings. The molecule has 0 amide bonds. The molecule has 1 aromatic rings. The van der Waals surface area contributed by atoms with Crippen molar-refractivity contribution in [2.75, 3.05) is 20.3 Å². The van der Waals surface area contributed by atoms with Crippen molar-refractivity contribution < 1.29 is 23.8 Å². The average Bonchev–Trinajstić information content (AvgIpc) is 2.49. The number of ketones is 1. The standard InChI is InChI=1S/C16H21ClO5/c1-4-21-14-9-11(12(17)10-15(14)22-5-2)13(18)7-6-8-16(19)20-3/h9-10H,4-8H2,1-3H3. The Morgan fingerprint density at radius 3 is 2.18 bits per heavy atom. The predicted octanol–water partition coefficient (Wildman–Crippen LogP) is 3.66. The molecule has 0 saturated carbocycles. The molecule has 0 fully saturated rings. The number of carbonyl (C=O) groups excluding carboxylic acids is 2. The molecule has 0 unspecified atom stereocenters. The Labute approximate surface area is 135 Å². The monoisotopic (exact) mass is 328 g/mol. The van der Waals surface area contributed by atoms with Crippen LogP contribution in [-0.2, 0) is 9.53 Å². The summed E-state index contributed by atoms with van der Waals surface area (Å²) in [6.07, 6.45) is 0.836. The Bertz CT molecular complexity index is 528. The summed E-state index contributed by atoms with van der Waals surface area (Å²) in [5, 5.41) is 0.315. The Kier molecular flexibility index (Phi) is 7.74. The normalized spacial score (nSPS) is 10.2. The second kappa shape index (κ2) is 9.30. The van der Waals surface area contributed by atoms with Crippen LogP contribution >= 0.6 is 11.6 Å². The molecule has 122 valence electrons. The summed E-state index contributed by atoms with van der Waals surface area (Å²) in [6, 6.07) is 3.18. The van der Waals surface area contributed by atoms with E-state index in [1.165, 1.54) is 7.11 Å². The number of methoxy groups -OCH3 is 1. The van der Waals surface area contributed by atoms with E-state index in [2.05, 4.69) is 4.74 Å². The van der Waals surface area contributed by atoms with Crippen molar-refractivity contribution in [2.45, 2.75) is 33.1 Å². The van der Waals surface area contributed by atoms with Gasteiger partial charge in [0, 0.05) is 24.5 Å². The van der Waals surface area contributed by atoms with Gasteiger partial charge in [0.25, 0.3) is 0 Å². The van der Waals surface area contributed by atoms with Gasteiger partial charge in [0.05, 0.1) is 25.3 Å². The maximum atomic E-state index is 12.2. The van der Waals surface area contributed by atoms with Gasteiger partial charge in [-0.1, -0.05) is 11.6 Å². The number of halogens is 1. The number of Topliss-reactive ketones (excluding diaryl/α,β-unsaturated/α-hetero) is 1. The van der Waals surface area contributed by atoms with Crippen LogP contribution in [0.2, 0.25) is 5.02 Å². The molecule has 0 N–H and O–H groups in total. The van der Waals surface area contributed by atoms with Gasteiger partial charge in [0.2, 0.25) is 0 Å². The zero-order chi connectivity index (χ0) is 16.5. The van der Waals surface area contributed by atoms with Crippen molar-refractivity contribution in [3.63, 3.8) is 0 Å². The SMILES string of the molecule is CCOc1cc(Cl)c(C(=O)CCCC(=O)OC)cc1OCC. The predicted molar refractivity (Wildman–Crippen MR) is 84.0 cm³/mol. The van der Waals surface area contributed by atoms with Crippen molar-refractivity contribution in [1.29, 1.82) is 0 Å². The fourth-order valence-corrected chi connectivity index (χ4v) is 2.17. The van der Waals surface area contributed by atoms with Gasteiger partial charge in [0.1, 0.15) is 0 Å². The number of ether oxygens (including phenoxy) is 3. The highest BCUT2D eigenvalue weighted by atomic mass is 35.5. The average molecular weight is 329 g/mol. The zero-order valence-corrected chi connectivity index (χ0v) is 13.9. The zero-order valence-electron chi connectivity index (χ0n) is 13.1. The third kappa shape index (κ3) is 5.22. The molecule has 1 rings (SSSR count). The first-order valence-electron chi connectivity index (χ1n) is 7.22. The van der Waals surface area contributed by atoms with Gasteiger partial charge < -0.3 is 14.2 Å². The minimum Gasteiger partial charge on any atom is -0.490 e. The Morgan fingerprint density at radius 2 is 1.64 bits per heavy atom. The Morgan fingerprint density at radius 1 is 1.05 bits per heavy atom. The highest BCUT2D eigenvalue weighted by molar-refractivity contribution is 6.34. The van der Waals surface area contributed by atoms with Gasteiger partial charge >= 0.3 is 5.97 Å². The van der Waals surface area contributed by atoms with Crippen LogP contribution in [0.1, 0.15) is 43.5 Å². The largest absolute Gasteiger partial charge is 0.490 e. The summed E-state index contributed by atoms with van der Waals surface area (Å²) >= 11 is 6.15. The number of benzene rings is 1. The number of hydrogen-bond donors (Lipinski definition) is 0. The molecule has 0 atom stereocenters. The molecule has 0 aromatic heterocycles. The lowest BCUT2D eigenvalue weighted by atomic mass is 10.0. The van der Waals surface area contributed by atoms with Crippen LogP contribution in [0.4, 0.5) is 0 Å². The number of rotatable bonds is 9. The van der Waals surface area contributed by atoms with Crippen LogP contribution in [0.5, 0.6) is 11.5 Å². The van der Waals surface area contributed by atoms with Crippen LogP contribution in [-0.4, -0.2) is 32.1 Å². The quantitative estimate of drug-likeness (QED) is 0.511. The van der Waals surface area contributed by atoms with Crippen LogP contribution < -0.4 is 9.47 Å². The Hall–Kier alpha value is -1.75. The van der Waals surface area contributed by atoms with E-state index in [4.69, 9.17) is 21.1 Å². The van der Waals surface area contributed by atoms with Gasteiger partial charge in [0.15, 0.2) is 17.3 Å². The van der Waals surface area contributed by atoms with E-state index in [9.17, 15) is 9.59 Å². The van der Waals surface area contributed by atoms with Gasteiger partial charge in [-0.25, -0.2) is 0 Å². The summed E-state index contributed by atoms with van der Waals surface area (Å²) in [5.74, 6) is 0.532.